The molecule has 0 amide bonds. The molecule has 0 N–H and O–H groups in total. The maximum Gasteiger partial charge on any atom is 0.340 e. The molecule has 3 rings (SSSR count). The Bertz CT molecular complexity index is 521. The first-order chi connectivity index (χ1) is 9.69. The lowest BCUT2D eigenvalue weighted by molar-refractivity contribution is 0.0595. The summed E-state index contributed by atoms with van der Waals surface area (Å²) in [5.41, 5.74) is 0.845. The van der Waals surface area contributed by atoms with Crippen molar-refractivity contribution >= 4 is 11.7 Å². The number of hydrogen-bond donors (Lipinski definition) is 0. The number of carbonyl (C=O) groups is 1. The molecule has 0 radical (unpaired) electrons. The summed E-state index contributed by atoms with van der Waals surface area (Å²) in [6.07, 6.45) is 2.48. The van der Waals surface area contributed by atoms with E-state index >= 15 is 0 Å². The van der Waals surface area contributed by atoms with Gasteiger partial charge in [-0.15, -0.1) is 0 Å². The van der Waals surface area contributed by atoms with E-state index in [0.717, 1.165) is 25.3 Å². The van der Waals surface area contributed by atoms with Gasteiger partial charge >= 0.3 is 5.97 Å². The minimum absolute atomic E-state index is 0.00393. The SMILES string of the molecule is COC(=O)c1ccc(N2CCN3CCC[C@H]3C2)cc1F. The maximum absolute atomic E-state index is 14.0. The van der Waals surface area contributed by atoms with Crippen molar-refractivity contribution in [3.05, 3.63) is 29.6 Å². The van der Waals surface area contributed by atoms with Gasteiger partial charge in [-0.3, -0.25) is 4.90 Å². The molecule has 2 aliphatic rings. The summed E-state index contributed by atoms with van der Waals surface area (Å²) in [7, 11) is 1.26. The molecule has 0 saturated carbocycles. The monoisotopic (exact) mass is 278 g/mol. The Hall–Kier alpha value is -1.62. The van der Waals surface area contributed by atoms with Crippen molar-refractivity contribution in [2.24, 2.45) is 0 Å². The summed E-state index contributed by atoms with van der Waals surface area (Å²) in [6.45, 7) is 4.07. The van der Waals surface area contributed by atoms with Crippen molar-refractivity contribution in [1.82, 2.24) is 4.90 Å². The lowest BCUT2D eigenvalue weighted by Crippen LogP contribution is -2.50. The van der Waals surface area contributed by atoms with Gasteiger partial charge in [-0.05, 0) is 37.6 Å². The molecule has 4 nitrogen and oxygen atoms in total. The summed E-state index contributed by atoms with van der Waals surface area (Å²) in [4.78, 5) is 16.1. The minimum Gasteiger partial charge on any atom is -0.465 e. The van der Waals surface area contributed by atoms with Crippen LogP contribution in [0.3, 0.4) is 0 Å². The van der Waals surface area contributed by atoms with E-state index in [9.17, 15) is 9.18 Å². The molecule has 2 fully saturated rings. The Balaban J connectivity index is 1.77. The lowest BCUT2D eigenvalue weighted by Gasteiger charge is -2.38. The van der Waals surface area contributed by atoms with E-state index in [4.69, 9.17) is 0 Å². The topological polar surface area (TPSA) is 32.8 Å². The molecule has 0 unspecified atom stereocenters. The van der Waals surface area contributed by atoms with Gasteiger partial charge in [0.25, 0.3) is 0 Å². The molecule has 1 atom stereocenters. The van der Waals surface area contributed by atoms with Gasteiger partial charge in [-0.2, -0.15) is 0 Å². The van der Waals surface area contributed by atoms with Crippen molar-refractivity contribution in [3.8, 4) is 0 Å². The second-order valence-electron chi connectivity index (χ2n) is 5.43. The first-order valence-electron chi connectivity index (χ1n) is 7.06. The normalized spacial score (nSPS) is 22.7. The maximum atomic E-state index is 14.0. The van der Waals surface area contributed by atoms with Gasteiger partial charge in [0.15, 0.2) is 0 Å². The van der Waals surface area contributed by atoms with Crippen LogP contribution >= 0.6 is 0 Å². The van der Waals surface area contributed by atoms with Gasteiger partial charge in [0.05, 0.1) is 12.7 Å². The number of piperazine rings is 1. The molecule has 2 saturated heterocycles. The van der Waals surface area contributed by atoms with Crippen LogP contribution in [0.25, 0.3) is 0 Å². The third-order valence-corrected chi connectivity index (χ3v) is 4.31. The number of rotatable bonds is 2. The third kappa shape index (κ3) is 2.38. The van der Waals surface area contributed by atoms with Crippen LogP contribution in [-0.2, 0) is 4.74 Å². The fourth-order valence-corrected chi connectivity index (χ4v) is 3.20. The smallest absolute Gasteiger partial charge is 0.340 e. The number of fused-ring (bicyclic) bond motifs is 1. The highest BCUT2D eigenvalue weighted by atomic mass is 19.1. The van der Waals surface area contributed by atoms with Crippen LogP contribution in [0.5, 0.6) is 0 Å². The number of esters is 1. The predicted molar refractivity (Wildman–Crippen MR) is 74.5 cm³/mol. The van der Waals surface area contributed by atoms with Crippen LogP contribution in [-0.4, -0.2) is 50.2 Å². The number of methoxy groups -OCH3 is 1. The molecule has 1 aromatic rings. The first-order valence-corrected chi connectivity index (χ1v) is 7.06. The van der Waals surface area contributed by atoms with E-state index in [-0.39, 0.29) is 5.56 Å². The zero-order chi connectivity index (χ0) is 14.1. The Morgan fingerprint density at radius 3 is 2.95 bits per heavy atom. The highest BCUT2D eigenvalue weighted by molar-refractivity contribution is 5.90. The van der Waals surface area contributed by atoms with Crippen LogP contribution < -0.4 is 4.90 Å². The number of halogens is 1. The van der Waals surface area contributed by atoms with Gasteiger partial charge < -0.3 is 9.64 Å². The Labute approximate surface area is 118 Å². The van der Waals surface area contributed by atoms with E-state index in [2.05, 4.69) is 14.5 Å². The summed E-state index contributed by atoms with van der Waals surface area (Å²) in [5, 5.41) is 0. The largest absolute Gasteiger partial charge is 0.465 e. The fraction of sp³-hybridized carbons (Fsp3) is 0.533. The first kappa shape index (κ1) is 13.4. The quantitative estimate of drug-likeness (QED) is 0.774. The molecule has 1 aromatic carbocycles. The van der Waals surface area contributed by atoms with Gasteiger partial charge in [0, 0.05) is 31.4 Å². The second-order valence-corrected chi connectivity index (χ2v) is 5.43. The molecule has 108 valence electrons. The van der Waals surface area contributed by atoms with Crippen LogP contribution in [0.2, 0.25) is 0 Å². The van der Waals surface area contributed by atoms with E-state index < -0.39 is 11.8 Å². The molecule has 0 spiro atoms. The average Bonchev–Trinajstić information content (AvgIpc) is 2.93. The van der Waals surface area contributed by atoms with E-state index in [1.807, 2.05) is 0 Å². The number of benzene rings is 1. The van der Waals surface area contributed by atoms with Crippen molar-refractivity contribution in [2.45, 2.75) is 18.9 Å². The van der Waals surface area contributed by atoms with Crippen molar-refractivity contribution < 1.29 is 13.9 Å². The summed E-state index contributed by atoms with van der Waals surface area (Å²) < 4.78 is 18.5. The van der Waals surface area contributed by atoms with Crippen molar-refractivity contribution in [1.29, 1.82) is 0 Å². The lowest BCUT2D eigenvalue weighted by atomic mass is 10.1. The standard InChI is InChI=1S/C15H19FN2O2/c1-20-15(19)13-5-4-11(9-14(13)16)18-8-7-17-6-2-3-12(17)10-18/h4-5,9,12H,2-3,6-8,10H2,1H3/t12-/m0/s1. The molecule has 2 heterocycles. The number of ether oxygens (including phenoxy) is 1. The number of hydrogen-bond acceptors (Lipinski definition) is 4. The van der Waals surface area contributed by atoms with E-state index in [1.165, 1.54) is 38.6 Å². The summed E-state index contributed by atoms with van der Waals surface area (Å²) >= 11 is 0. The van der Waals surface area contributed by atoms with Crippen LogP contribution in [0.15, 0.2) is 18.2 Å². The zero-order valence-corrected chi connectivity index (χ0v) is 11.6. The zero-order valence-electron chi connectivity index (χ0n) is 11.6. The average molecular weight is 278 g/mol. The summed E-state index contributed by atoms with van der Waals surface area (Å²) in [6, 6.07) is 5.35. The van der Waals surface area contributed by atoms with Gasteiger partial charge in [-0.25, -0.2) is 9.18 Å². The third-order valence-electron chi connectivity index (χ3n) is 4.31. The fourth-order valence-electron chi connectivity index (χ4n) is 3.20. The van der Waals surface area contributed by atoms with Crippen LogP contribution in [0.4, 0.5) is 10.1 Å². The molecule has 20 heavy (non-hydrogen) atoms. The molecule has 0 bridgehead atoms. The highest BCUT2D eigenvalue weighted by Gasteiger charge is 2.30. The second kappa shape index (κ2) is 5.40. The number of carbonyl (C=O) groups excluding carboxylic acids is 1. The predicted octanol–water partition coefficient (Wildman–Crippen LogP) is 1.90. The molecule has 5 heteroatoms. The summed E-state index contributed by atoms with van der Waals surface area (Å²) in [5.74, 6) is -1.14. The van der Waals surface area contributed by atoms with E-state index in [0.29, 0.717) is 6.04 Å². The Morgan fingerprint density at radius 2 is 2.20 bits per heavy atom. The number of anilines is 1. The Kier molecular flexibility index (Phi) is 3.61. The number of nitrogens with zero attached hydrogens (tertiary/aromatic N) is 2. The highest BCUT2D eigenvalue weighted by Crippen LogP contribution is 2.26. The van der Waals surface area contributed by atoms with Gasteiger partial charge in [0.2, 0.25) is 0 Å². The minimum atomic E-state index is -0.630. The Morgan fingerprint density at radius 1 is 1.35 bits per heavy atom. The van der Waals surface area contributed by atoms with Crippen molar-refractivity contribution in [3.63, 3.8) is 0 Å². The molecular weight excluding hydrogens is 259 g/mol. The molecule has 0 aromatic heterocycles. The molecule has 0 aliphatic carbocycles. The van der Waals surface area contributed by atoms with E-state index in [1.54, 1.807) is 6.07 Å². The van der Waals surface area contributed by atoms with Gasteiger partial charge in [-0.1, -0.05) is 0 Å². The van der Waals surface area contributed by atoms with Crippen LogP contribution in [0, 0.1) is 5.82 Å². The van der Waals surface area contributed by atoms with Crippen molar-refractivity contribution in [2.75, 3.05) is 38.2 Å². The molecule has 2 aliphatic heterocycles. The van der Waals surface area contributed by atoms with Gasteiger partial charge in [0.1, 0.15) is 5.82 Å². The van der Waals surface area contributed by atoms with Crippen LogP contribution in [0.1, 0.15) is 23.2 Å². The molecular formula is C15H19FN2O2.